The Morgan fingerprint density at radius 3 is 2.25 bits per heavy atom. The predicted octanol–water partition coefficient (Wildman–Crippen LogP) is 0.621. The molecule has 2 aromatic rings. The van der Waals surface area contributed by atoms with Gasteiger partial charge in [-0.3, -0.25) is 20.2 Å². The van der Waals surface area contributed by atoms with Crippen LogP contribution in [0.2, 0.25) is 0 Å². The zero-order chi connectivity index (χ0) is 11.9. The van der Waals surface area contributed by atoms with E-state index in [-0.39, 0.29) is 16.7 Å². The summed E-state index contributed by atoms with van der Waals surface area (Å²) in [5.74, 6) is 0. The number of hydrogen-bond acceptors (Lipinski definition) is 8. The van der Waals surface area contributed by atoms with E-state index in [1.165, 1.54) is 0 Å². The molecular formula is C6H3N5O5. The first-order valence-corrected chi connectivity index (χ1v) is 3.86. The Labute approximate surface area is 85.9 Å². The second-order valence-corrected chi connectivity index (χ2v) is 2.80. The maximum atomic E-state index is 10.6. The van der Waals surface area contributed by atoms with Crippen LogP contribution in [0.3, 0.4) is 0 Å². The molecule has 10 nitrogen and oxygen atoms in total. The monoisotopic (exact) mass is 225 g/mol. The zero-order valence-corrected chi connectivity index (χ0v) is 7.48. The van der Waals surface area contributed by atoms with Crippen LogP contribution in [0.4, 0.5) is 17.1 Å². The van der Waals surface area contributed by atoms with Crippen LogP contribution in [0.5, 0.6) is 0 Å². The summed E-state index contributed by atoms with van der Waals surface area (Å²) >= 11 is 0. The van der Waals surface area contributed by atoms with Crippen LogP contribution in [0, 0.1) is 20.2 Å². The summed E-state index contributed by atoms with van der Waals surface area (Å²) in [6.07, 6.45) is 0. The van der Waals surface area contributed by atoms with Crippen LogP contribution < -0.4 is 5.73 Å². The van der Waals surface area contributed by atoms with Crippen LogP contribution >= 0.6 is 0 Å². The lowest BCUT2D eigenvalue weighted by molar-refractivity contribution is -0.392. The van der Waals surface area contributed by atoms with Crippen molar-refractivity contribution in [2.45, 2.75) is 0 Å². The van der Waals surface area contributed by atoms with Gasteiger partial charge in [-0.05, 0) is 10.3 Å². The molecule has 0 spiro atoms. The van der Waals surface area contributed by atoms with E-state index in [2.05, 4.69) is 14.9 Å². The third kappa shape index (κ3) is 1.20. The van der Waals surface area contributed by atoms with Gasteiger partial charge in [0, 0.05) is 0 Å². The molecule has 2 rings (SSSR count). The van der Waals surface area contributed by atoms with E-state index in [4.69, 9.17) is 5.73 Å². The smallest absolute Gasteiger partial charge is 0.307 e. The van der Waals surface area contributed by atoms with Gasteiger partial charge in [-0.1, -0.05) is 0 Å². The van der Waals surface area contributed by atoms with E-state index in [0.29, 0.717) is 0 Å². The molecule has 1 aromatic heterocycles. The molecule has 2 N–H and O–H groups in total. The average Bonchev–Trinajstić information content (AvgIpc) is 2.66. The molecule has 1 heterocycles. The molecule has 82 valence electrons. The molecule has 0 amide bonds. The van der Waals surface area contributed by atoms with Crippen molar-refractivity contribution >= 4 is 28.1 Å². The minimum atomic E-state index is -0.837. The van der Waals surface area contributed by atoms with Crippen molar-refractivity contribution in [2.75, 3.05) is 5.73 Å². The molecule has 0 fully saturated rings. The molecule has 0 aliphatic heterocycles. The highest BCUT2D eigenvalue weighted by atomic mass is 16.6. The predicted molar refractivity (Wildman–Crippen MR) is 49.5 cm³/mol. The van der Waals surface area contributed by atoms with Gasteiger partial charge in [0.25, 0.3) is 0 Å². The van der Waals surface area contributed by atoms with Crippen molar-refractivity contribution in [2.24, 2.45) is 0 Å². The van der Waals surface area contributed by atoms with Gasteiger partial charge in [-0.15, -0.1) is 0 Å². The molecule has 1 aromatic carbocycles. The Morgan fingerprint density at radius 2 is 1.69 bits per heavy atom. The van der Waals surface area contributed by atoms with Gasteiger partial charge < -0.3 is 5.73 Å². The van der Waals surface area contributed by atoms with E-state index < -0.39 is 21.2 Å². The van der Waals surface area contributed by atoms with Crippen LogP contribution in [0.25, 0.3) is 11.0 Å². The number of nitrogen functional groups attached to an aromatic ring is 1. The van der Waals surface area contributed by atoms with E-state index in [9.17, 15) is 20.2 Å². The highest BCUT2D eigenvalue weighted by Gasteiger charge is 2.27. The van der Waals surface area contributed by atoms with Gasteiger partial charge in [0.1, 0.15) is 5.69 Å². The summed E-state index contributed by atoms with van der Waals surface area (Å²) < 4.78 is 4.26. The molecule has 16 heavy (non-hydrogen) atoms. The van der Waals surface area contributed by atoms with Crippen molar-refractivity contribution < 1.29 is 14.5 Å². The van der Waals surface area contributed by atoms with E-state index >= 15 is 0 Å². The molecule has 0 aliphatic rings. The second-order valence-electron chi connectivity index (χ2n) is 2.80. The lowest BCUT2D eigenvalue weighted by atomic mass is 10.2. The highest BCUT2D eigenvalue weighted by molar-refractivity contribution is 5.97. The topological polar surface area (TPSA) is 151 Å². The summed E-state index contributed by atoms with van der Waals surface area (Å²) in [7, 11) is 0. The van der Waals surface area contributed by atoms with Crippen LogP contribution in [0.15, 0.2) is 10.7 Å². The molecule has 10 heteroatoms. The lowest BCUT2D eigenvalue weighted by Crippen LogP contribution is -1.99. The number of nitrogens with zero attached hydrogens (tertiary/aromatic N) is 4. The van der Waals surface area contributed by atoms with Crippen LogP contribution in [-0.2, 0) is 0 Å². The van der Waals surface area contributed by atoms with E-state index in [1.54, 1.807) is 0 Å². The van der Waals surface area contributed by atoms with Gasteiger partial charge in [-0.25, -0.2) is 4.63 Å². The minimum absolute atomic E-state index is 0.194. The third-order valence-corrected chi connectivity index (χ3v) is 1.93. The average molecular weight is 225 g/mol. The minimum Gasteiger partial charge on any atom is -0.391 e. The third-order valence-electron chi connectivity index (χ3n) is 1.93. The van der Waals surface area contributed by atoms with Gasteiger partial charge in [0.2, 0.25) is 5.52 Å². The van der Waals surface area contributed by atoms with E-state index in [1.807, 2.05) is 0 Å². The maximum absolute atomic E-state index is 10.6. The van der Waals surface area contributed by atoms with Gasteiger partial charge in [0.05, 0.1) is 15.9 Å². The number of anilines is 1. The Kier molecular flexibility index (Phi) is 1.90. The van der Waals surface area contributed by atoms with Gasteiger partial charge >= 0.3 is 11.4 Å². The summed E-state index contributed by atoms with van der Waals surface area (Å²) in [5.41, 5.74) is 3.51. The quantitative estimate of drug-likeness (QED) is 0.443. The molecule has 0 saturated carbocycles. The van der Waals surface area contributed by atoms with Crippen molar-refractivity contribution in [3.05, 3.63) is 26.3 Å². The normalized spacial score (nSPS) is 10.5. The van der Waals surface area contributed by atoms with E-state index in [0.717, 1.165) is 6.07 Å². The fourth-order valence-corrected chi connectivity index (χ4v) is 1.22. The SMILES string of the molecule is Nc1c([N+](=O)[O-])cc([N+](=O)[O-])c2nonc12. The fraction of sp³-hybridized carbons (Fsp3) is 0. The number of nitrogens with two attached hydrogens (primary N) is 1. The largest absolute Gasteiger partial charge is 0.391 e. The molecule has 0 unspecified atom stereocenters. The number of nitro groups is 2. The first kappa shape index (κ1) is 9.76. The number of nitro benzene ring substituents is 2. The van der Waals surface area contributed by atoms with Crippen molar-refractivity contribution in [3.63, 3.8) is 0 Å². The number of benzene rings is 1. The van der Waals surface area contributed by atoms with Crippen molar-refractivity contribution in [3.8, 4) is 0 Å². The fourth-order valence-electron chi connectivity index (χ4n) is 1.22. The maximum Gasteiger partial charge on any atom is 0.307 e. The summed E-state index contributed by atoms with van der Waals surface area (Å²) in [6.45, 7) is 0. The van der Waals surface area contributed by atoms with Crippen molar-refractivity contribution in [1.82, 2.24) is 10.3 Å². The number of non-ortho nitro benzene ring substituents is 1. The summed E-state index contributed by atoms with van der Waals surface area (Å²) in [4.78, 5) is 19.6. The lowest BCUT2D eigenvalue weighted by Gasteiger charge is -1.96. The number of hydrogen-bond donors (Lipinski definition) is 1. The number of rotatable bonds is 2. The molecule has 0 aliphatic carbocycles. The zero-order valence-electron chi connectivity index (χ0n) is 7.48. The number of aromatic nitrogens is 2. The number of fused-ring (bicyclic) bond motifs is 1. The molecule has 0 bridgehead atoms. The Balaban J connectivity index is 2.90. The second kappa shape index (κ2) is 3.12. The first-order chi connectivity index (χ1) is 7.52. The summed E-state index contributed by atoms with van der Waals surface area (Å²) in [5, 5.41) is 27.8. The first-order valence-electron chi connectivity index (χ1n) is 3.86. The Hall–Kier alpha value is -2.78. The molecule has 0 atom stereocenters. The Bertz CT molecular complexity index is 605. The molecule has 0 saturated heterocycles. The van der Waals surface area contributed by atoms with Crippen molar-refractivity contribution in [1.29, 1.82) is 0 Å². The molecular weight excluding hydrogens is 222 g/mol. The molecule has 0 radical (unpaired) electrons. The van der Waals surface area contributed by atoms with Gasteiger partial charge in [0.15, 0.2) is 5.52 Å². The van der Waals surface area contributed by atoms with Crippen LogP contribution in [-0.4, -0.2) is 20.2 Å². The van der Waals surface area contributed by atoms with Crippen LogP contribution in [0.1, 0.15) is 0 Å². The summed E-state index contributed by atoms with van der Waals surface area (Å²) in [6, 6.07) is 0.724. The highest BCUT2D eigenvalue weighted by Crippen LogP contribution is 2.35. The Morgan fingerprint density at radius 1 is 1.12 bits per heavy atom. The standard InChI is InChI=1S/C6H3N5O5/c7-4-2(10(12)13)1-3(11(14)15)5-6(4)9-16-8-5/h1H,7H2. The van der Waals surface area contributed by atoms with Gasteiger partial charge in [-0.2, -0.15) is 0 Å².